The highest BCUT2D eigenvalue weighted by Crippen LogP contribution is 2.29. The smallest absolute Gasteiger partial charge is 0.342 e. The lowest BCUT2D eigenvalue weighted by molar-refractivity contribution is -0.384. The number of carbonyl (C=O) groups excluding carboxylic acids is 1. The number of rotatable bonds is 6. The van der Waals surface area contributed by atoms with Crippen molar-refractivity contribution in [3.8, 4) is 23.0 Å². The van der Waals surface area contributed by atoms with Gasteiger partial charge in [-0.3, -0.25) is 10.1 Å². The molecule has 0 unspecified atom stereocenters. The zero-order chi connectivity index (χ0) is 21.0. The summed E-state index contributed by atoms with van der Waals surface area (Å²) in [6, 6.07) is 12.3. The molecule has 0 aliphatic heterocycles. The largest absolute Gasteiger partial charge is 0.462 e. The van der Waals surface area contributed by atoms with Gasteiger partial charge in [-0.25, -0.2) is 4.79 Å². The van der Waals surface area contributed by atoms with E-state index in [-0.39, 0.29) is 23.9 Å². The fraction of sp³-hybridized carbons (Fsp3) is 0.150. The molecule has 9 heteroatoms. The van der Waals surface area contributed by atoms with Gasteiger partial charge in [-0.05, 0) is 38.1 Å². The number of aryl methyl sites for hydroxylation is 1. The van der Waals surface area contributed by atoms with Crippen molar-refractivity contribution in [3.63, 3.8) is 0 Å². The average Bonchev–Trinajstić information content (AvgIpc) is 2.68. The molecule has 0 spiro atoms. The standard InChI is InChI=1S/C20H16ClN3O5/c1-3-28-19(25)17-12(2)22-20(23-18(17)13-4-6-14(21)7-5-13)29-16-10-8-15(9-11-16)24(26)27/h4-11H,3H2,1-2H3. The summed E-state index contributed by atoms with van der Waals surface area (Å²) in [6.45, 7) is 3.57. The van der Waals surface area contributed by atoms with Gasteiger partial charge in [-0.1, -0.05) is 23.7 Å². The van der Waals surface area contributed by atoms with E-state index in [1.54, 1.807) is 38.1 Å². The van der Waals surface area contributed by atoms with E-state index in [0.29, 0.717) is 27.7 Å². The van der Waals surface area contributed by atoms with Gasteiger partial charge in [0.15, 0.2) is 0 Å². The van der Waals surface area contributed by atoms with Gasteiger partial charge in [-0.15, -0.1) is 0 Å². The van der Waals surface area contributed by atoms with Gasteiger partial charge in [0.1, 0.15) is 11.3 Å². The number of ether oxygens (including phenoxy) is 2. The summed E-state index contributed by atoms with van der Waals surface area (Å²) in [5, 5.41) is 11.3. The van der Waals surface area contributed by atoms with Crippen molar-refractivity contribution in [2.24, 2.45) is 0 Å². The molecule has 1 heterocycles. The Morgan fingerprint density at radius 2 is 1.76 bits per heavy atom. The number of non-ortho nitro benzene ring substituents is 1. The molecule has 0 atom stereocenters. The fourth-order valence-corrected chi connectivity index (χ4v) is 2.72. The number of esters is 1. The average molecular weight is 414 g/mol. The Balaban J connectivity index is 2.04. The zero-order valence-electron chi connectivity index (χ0n) is 15.6. The number of benzene rings is 2. The Bertz CT molecular complexity index is 1050. The molecule has 3 rings (SSSR count). The molecule has 8 nitrogen and oxygen atoms in total. The second-order valence-electron chi connectivity index (χ2n) is 5.90. The van der Waals surface area contributed by atoms with Crippen LogP contribution in [0.4, 0.5) is 5.69 Å². The predicted octanol–water partition coefficient (Wildman–Crippen LogP) is 4.98. The lowest BCUT2D eigenvalue weighted by Crippen LogP contribution is -2.12. The summed E-state index contributed by atoms with van der Waals surface area (Å²) in [5.74, 6) is -0.224. The van der Waals surface area contributed by atoms with E-state index in [9.17, 15) is 14.9 Å². The molecule has 2 aromatic carbocycles. The molecule has 0 saturated heterocycles. The third kappa shape index (κ3) is 4.67. The topological polar surface area (TPSA) is 104 Å². The minimum Gasteiger partial charge on any atom is -0.462 e. The van der Waals surface area contributed by atoms with Crippen LogP contribution in [0, 0.1) is 17.0 Å². The molecule has 0 amide bonds. The van der Waals surface area contributed by atoms with Crippen molar-refractivity contribution >= 4 is 23.3 Å². The third-order valence-corrected chi connectivity index (χ3v) is 4.18. The molecule has 29 heavy (non-hydrogen) atoms. The highest BCUT2D eigenvalue weighted by atomic mass is 35.5. The van der Waals surface area contributed by atoms with Crippen LogP contribution in [0.1, 0.15) is 23.0 Å². The summed E-state index contributed by atoms with van der Waals surface area (Å²) in [6.07, 6.45) is 0. The lowest BCUT2D eigenvalue weighted by Gasteiger charge is -2.13. The molecule has 0 aliphatic carbocycles. The number of nitrogens with zero attached hydrogens (tertiary/aromatic N) is 3. The van der Waals surface area contributed by atoms with Crippen LogP contribution in [0.25, 0.3) is 11.3 Å². The van der Waals surface area contributed by atoms with Gasteiger partial charge in [0.25, 0.3) is 5.69 Å². The molecule has 0 fully saturated rings. The Hall–Kier alpha value is -3.52. The van der Waals surface area contributed by atoms with Crippen LogP contribution in [-0.2, 0) is 4.74 Å². The maximum Gasteiger partial charge on any atom is 0.342 e. The van der Waals surface area contributed by atoms with E-state index in [2.05, 4.69) is 9.97 Å². The number of nitro groups is 1. The molecule has 0 saturated carbocycles. The van der Waals surface area contributed by atoms with Gasteiger partial charge in [0, 0.05) is 22.7 Å². The Labute approximate surface area is 171 Å². The second-order valence-corrected chi connectivity index (χ2v) is 6.33. The van der Waals surface area contributed by atoms with Gasteiger partial charge < -0.3 is 9.47 Å². The van der Waals surface area contributed by atoms with Crippen molar-refractivity contribution in [1.29, 1.82) is 0 Å². The van der Waals surface area contributed by atoms with Crippen molar-refractivity contribution in [1.82, 2.24) is 9.97 Å². The summed E-state index contributed by atoms with van der Waals surface area (Å²) >= 11 is 5.96. The highest BCUT2D eigenvalue weighted by molar-refractivity contribution is 6.30. The fourth-order valence-electron chi connectivity index (χ4n) is 2.60. The van der Waals surface area contributed by atoms with Crippen LogP contribution in [-0.4, -0.2) is 27.5 Å². The first-order valence-electron chi connectivity index (χ1n) is 8.63. The lowest BCUT2D eigenvalue weighted by atomic mass is 10.0. The number of halogens is 1. The quantitative estimate of drug-likeness (QED) is 0.318. The SMILES string of the molecule is CCOC(=O)c1c(C)nc(Oc2ccc([N+](=O)[O-])cc2)nc1-c1ccc(Cl)cc1. The van der Waals surface area contributed by atoms with Crippen molar-refractivity contribution in [2.75, 3.05) is 6.61 Å². The number of carbonyl (C=O) groups is 1. The van der Waals surface area contributed by atoms with Crippen molar-refractivity contribution < 1.29 is 19.2 Å². The molecule has 148 valence electrons. The van der Waals surface area contributed by atoms with Crippen LogP contribution in [0.15, 0.2) is 48.5 Å². The predicted molar refractivity (Wildman–Crippen MR) is 106 cm³/mol. The summed E-state index contributed by atoms with van der Waals surface area (Å²) < 4.78 is 10.8. The number of hydrogen-bond donors (Lipinski definition) is 0. The molecule has 0 bridgehead atoms. The van der Waals surface area contributed by atoms with Gasteiger partial charge >= 0.3 is 12.0 Å². The van der Waals surface area contributed by atoms with Crippen LogP contribution < -0.4 is 4.74 Å². The first-order valence-corrected chi connectivity index (χ1v) is 9.01. The third-order valence-electron chi connectivity index (χ3n) is 3.92. The monoisotopic (exact) mass is 413 g/mol. The summed E-state index contributed by atoms with van der Waals surface area (Å²) in [4.78, 5) is 31.4. The van der Waals surface area contributed by atoms with Gasteiger partial charge in [-0.2, -0.15) is 9.97 Å². The Kier molecular flexibility index (Phi) is 6.04. The Morgan fingerprint density at radius 1 is 1.10 bits per heavy atom. The first kappa shape index (κ1) is 20.2. The minimum absolute atomic E-state index is 0.00523. The van der Waals surface area contributed by atoms with E-state index in [4.69, 9.17) is 21.1 Å². The molecule has 0 N–H and O–H groups in total. The zero-order valence-corrected chi connectivity index (χ0v) is 16.3. The van der Waals surface area contributed by atoms with Crippen LogP contribution in [0.2, 0.25) is 5.02 Å². The van der Waals surface area contributed by atoms with Gasteiger partial charge in [0.05, 0.1) is 22.9 Å². The van der Waals surface area contributed by atoms with E-state index >= 15 is 0 Å². The van der Waals surface area contributed by atoms with Crippen LogP contribution >= 0.6 is 11.6 Å². The van der Waals surface area contributed by atoms with Crippen LogP contribution in [0.5, 0.6) is 11.8 Å². The normalized spacial score (nSPS) is 10.4. The van der Waals surface area contributed by atoms with Gasteiger partial charge in [0.2, 0.25) is 0 Å². The van der Waals surface area contributed by atoms with E-state index < -0.39 is 10.9 Å². The highest BCUT2D eigenvalue weighted by Gasteiger charge is 2.22. The molecule has 0 aliphatic rings. The second kappa shape index (κ2) is 8.66. The molecular formula is C20H16ClN3O5. The van der Waals surface area contributed by atoms with Crippen molar-refractivity contribution in [2.45, 2.75) is 13.8 Å². The number of hydrogen-bond acceptors (Lipinski definition) is 7. The summed E-state index contributed by atoms with van der Waals surface area (Å²) in [7, 11) is 0. The molecule has 1 aromatic heterocycles. The number of aromatic nitrogens is 2. The first-order chi connectivity index (χ1) is 13.9. The molecule has 0 radical (unpaired) electrons. The summed E-state index contributed by atoms with van der Waals surface area (Å²) in [5.41, 5.74) is 1.51. The van der Waals surface area contributed by atoms with Crippen LogP contribution in [0.3, 0.4) is 0 Å². The van der Waals surface area contributed by atoms with E-state index in [1.165, 1.54) is 24.3 Å². The Morgan fingerprint density at radius 3 is 2.34 bits per heavy atom. The molecular weight excluding hydrogens is 398 g/mol. The van der Waals surface area contributed by atoms with E-state index in [1.807, 2.05) is 0 Å². The molecule has 3 aromatic rings. The maximum atomic E-state index is 12.5. The maximum absolute atomic E-state index is 12.5. The van der Waals surface area contributed by atoms with Crippen molar-refractivity contribution in [3.05, 3.63) is 74.9 Å². The minimum atomic E-state index is -0.545. The van der Waals surface area contributed by atoms with E-state index in [0.717, 1.165) is 0 Å². The number of nitro benzene ring substituents is 1.